The van der Waals surface area contributed by atoms with E-state index < -0.39 is 11.4 Å². The minimum atomic E-state index is -1.04. The molecule has 0 radical (unpaired) electrons. The van der Waals surface area contributed by atoms with Crippen LogP contribution in [0.5, 0.6) is 5.75 Å². The van der Waals surface area contributed by atoms with E-state index in [1.54, 1.807) is 32.0 Å². The van der Waals surface area contributed by atoms with E-state index >= 15 is 0 Å². The summed E-state index contributed by atoms with van der Waals surface area (Å²) in [5.74, 6) is -0.668. The zero-order valence-corrected chi connectivity index (χ0v) is 19.1. The van der Waals surface area contributed by atoms with Crippen molar-refractivity contribution >= 4 is 28.5 Å². The van der Waals surface area contributed by atoms with Crippen LogP contribution in [0, 0.1) is 19.3 Å². The minimum absolute atomic E-state index is 0.0691. The van der Waals surface area contributed by atoms with Crippen LogP contribution in [0.4, 0.5) is 5.69 Å². The lowest BCUT2D eigenvalue weighted by molar-refractivity contribution is -0.151. The normalized spacial score (nSPS) is 11.4. The van der Waals surface area contributed by atoms with Crippen LogP contribution in [0.15, 0.2) is 48.5 Å². The molecule has 0 unspecified atom stereocenters. The van der Waals surface area contributed by atoms with Crippen LogP contribution < -0.4 is 10.1 Å². The van der Waals surface area contributed by atoms with Crippen molar-refractivity contribution in [2.24, 2.45) is 5.41 Å². The summed E-state index contributed by atoms with van der Waals surface area (Å²) in [7, 11) is 0. The van der Waals surface area contributed by atoms with Crippen LogP contribution >= 0.6 is 0 Å². The molecule has 168 valence electrons. The Morgan fingerprint density at radius 3 is 2.44 bits per heavy atom. The van der Waals surface area contributed by atoms with E-state index in [0.717, 1.165) is 16.6 Å². The molecule has 0 spiro atoms. The molecule has 0 saturated carbocycles. The Bertz CT molecular complexity index is 1140. The lowest BCUT2D eigenvalue weighted by atomic mass is 9.79. The monoisotopic (exact) mass is 434 g/mol. The third-order valence-electron chi connectivity index (χ3n) is 6.17. The number of nitrogens with zero attached hydrogens (tertiary/aromatic N) is 1. The first-order chi connectivity index (χ1) is 15.3. The third-order valence-corrected chi connectivity index (χ3v) is 6.17. The van der Waals surface area contributed by atoms with Crippen molar-refractivity contribution in [3.8, 4) is 5.75 Å². The summed E-state index contributed by atoms with van der Waals surface area (Å²) in [6.45, 7) is 8.05. The molecule has 0 aliphatic heterocycles. The number of aromatic nitrogens is 1. The van der Waals surface area contributed by atoms with Crippen molar-refractivity contribution in [3.05, 3.63) is 65.4 Å². The fourth-order valence-electron chi connectivity index (χ4n) is 3.72. The largest absolute Gasteiger partial charge is 0.487 e. The van der Waals surface area contributed by atoms with Crippen LogP contribution in [0.3, 0.4) is 0 Å². The summed E-state index contributed by atoms with van der Waals surface area (Å²) in [6, 6.07) is 15.3. The highest BCUT2D eigenvalue weighted by atomic mass is 16.5. The summed E-state index contributed by atoms with van der Waals surface area (Å²) in [4.78, 5) is 28.8. The summed E-state index contributed by atoms with van der Waals surface area (Å²) in [5, 5.41) is 13.4. The van der Waals surface area contributed by atoms with Crippen molar-refractivity contribution in [2.75, 3.05) is 5.32 Å². The zero-order chi connectivity index (χ0) is 23.3. The summed E-state index contributed by atoms with van der Waals surface area (Å²) in [5.41, 5.74) is 3.70. The van der Waals surface area contributed by atoms with Gasteiger partial charge in [-0.1, -0.05) is 26.0 Å². The van der Waals surface area contributed by atoms with Crippen LogP contribution in [0.2, 0.25) is 0 Å². The van der Waals surface area contributed by atoms with Gasteiger partial charge in [-0.2, -0.15) is 0 Å². The van der Waals surface area contributed by atoms with E-state index in [4.69, 9.17) is 4.74 Å². The van der Waals surface area contributed by atoms with Gasteiger partial charge in [-0.15, -0.1) is 0 Å². The fraction of sp³-hybridized carbons (Fsp3) is 0.346. The topological polar surface area (TPSA) is 88.5 Å². The number of aliphatic carboxylic acids is 1. The minimum Gasteiger partial charge on any atom is -0.487 e. The molecule has 2 aromatic carbocycles. The number of rotatable bonds is 9. The van der Waals surface area contributed by atoms with E-state index in [1.165, 1.54) is 11.1 Å². The molecule has 1 amide bonds. The van der Waals surface area contributed by atoms with Gasteiger partial charge in [-0.05, 0) is 68.1 Å². The Morgan fingerprint density at radius 2 is 1.75 bits per heavy atom. The number of anilines is 1. The quantitative estimate of drug-likeness (QED) is 0.454. The van der Waals surface area contributed by atoms with Crippen LogP contribution in [-0.2, 0) is 16.2 Å². The third kappa shape index (κ3) is 5.25. The molecule has 2 N–H and O–H groups in total. The first-order valence-electron chi connectivity index (χ1n) is 10.9. The average molecular weight is 435 g/mol. The second kappa shape index (κ2) is 9.81. The number of nitrogens with one attached hydrogen (secondary N) is 1. The number of benzene rings is 2. The SMILES string of the molecule is CCC(CC)(CC(=O)Nc1cccc(OCc2ccc3cc(C)c(C)cc3n2)c1)C(=O)O. The van der Waals surface area contributed by atoms with Crippen molar-refractivity contribution in [3.63, 3.8) is 0 Å². The Hall–Kier alpha value is -3.41. The van der Waals surface area contributed by atoms with E-state index in [0.29, 0.717) is 30.9 Å². The predicted octanol–water partition coefficient (Wildman–Crippen LogP) is 5.65. The highest BCUT2D eigenvalue weighted by Crippen LogP contribution is 2.31. The predicted molar refractivity (Wildman–Crippen MR) is 126 cm³/mol. The second-order valence-electron chi connectivity index (χ2n) is 8.27. The van der Waals surface area contributed by atoms with Crippen molar-refractivity contribution in [1.82, 2.24) is 4.98 Å². The van der Waals surface area contributed by atoms with Gasteiger partial charge in [-0.25, -0.2) is 4.98 Å². The first kappa shape index (κ1) is 23.3. The maximum absolute atomic E-state index is 12.5. The van der Waals surface area contributed by atoms with Crippen molar-refractivity contribution in [1.29, 1.82) is 0 Å². The molecule has 6 nitrogen and oxygen atoms in total. The van der Waals surface area contributed by atoms with Gasteiger partial charge < -0.3 is 15.2 Å². The highest BCUT2D eigenvalue weighted by molar-refractivity contribution is 5.94. The van der Waals surface area contributed by atoms with E-state index in [2.05, 4.69) is 36.3 Å². The van der Waals surface area contributed by atoms with Gasteiger partial charge in [-0.3, -0.25) is 9.59 Å². The van der Waals surface area contributed by atoms with Gasteiger partial charge in [0.05, 0.1) is 16.6 Å². The highest BCUT2D eigenvalue weighted by Gasteiger charge is 2.37. The molecule has 3 aromatic rings. The number of hydrogen-bond donors (Lipinski definition) is 2. The Morgan fingerprint density at radius 1 is 1.03 bits per heavy atom. The molecule has 1 heterocycles. The number of carboxylic acid groups (broad SMARTS) is 1. The van der Waals surface area contributed by atoms with Gasteiger partial charge in [0.15, 0.2) is 0 Å². The van der Waals surface area contributed by atoms with E-state index in [-0.39, 0.29) is 12.3 Å². The summed E-state index contributed by atoms with van der Waals surface area (Å²) >= 11 is 0. The van der Waals surface area contributed by atoms with Gasteiger partial charge >= 0.3 is 5.97 Å². The number of carboxylic acids is 1. The van der Waals surface area contributed by atoms with Crippen LogP contribution in [-0.4, -0.2) is 22.0 Å². The van der Waals surface area contributed by atoms with Gasteiger partial charge in [0.1, 0.15) is 12.4 Å². The molecular formula is C26H30N2O4. The average Bonchev–Trinajstić information content (AvgIpc) is 2.77. The standard InChI is InChI=1S/C26H30N2O4/c1-5-26(6-2,25(30)31)15-24(29)28-20-8-7-9-22(14-20)32-16-21-11-10-19-12-17(3)18(4)13-23(19)27-21/h7-14H,5-6,15-16H2,1-4H3,(H,28,29)(H,30,31). The summed E-state index contributed by atoms with van der Waals surface area (Å²) < 4.78 is 5.89. The Balaban J connectivity index is 1.66. The number of pyridine rings is 1. The van der Waals surface area contributed by atoms with Crippen LogP contribution in [0.25, 0.3) is 10.9 Å². The molecule has 6 heteroatoms. The smallest absolute Gasteiger partial charge is 0.310 e. The first-order valence-corrected chi connectivity index (χ1v) is 10.9. The van der Waals surface area contributed by atoms with Crippen molar-refractivity contribution < 1.29 is 19.4 Å². The number of fused-ring (bicyclic) bond motifs is 1. The summed E-state index contributed by atoms with van der Waals surface area (Å²) in [6.07, 6.45) is 0.723. The number of hydrogen-bond acceptors (Lipinski definition) is 4. The number of aryl methyl sites for hydroxylation is 2. The molecule has 0 bridgehead atoms. The second-order valence-corrected chi connectivity index (χ2v) is 8.27. The number of carbonyl (C=O) groups excluding carboxylic acids is 1. The van der Waals surface area contributed by atoms with Gasteiger partial charge in [0.25, 0.3) is 0 Å². The number of amides is 1. The van der Waals surface area contributed by atoms with Gasteiger partial charge in [0, 0.05) is 23.6 Å². The fourth-order valence-corrected chi connectivity index (χ4v) is 3.72. The number of carbonyl (C=O) groups is 2. The zero-order valence-electron chi connectivity index (χ0n) is 19.1. The molecule has 0 atom stereocenters. The molecule has 0 aliphatic rings. The Kier molecular flexibility index (Phi) is 7.13. The maximum atomic E-state index is 12.5. The molecule has 1 aromatic heterocycles. The Labute approximate surface area is 188 Å². The lowest BCUT2D eigenvalue weighted by Crippen LogP contribution is -2.34. The maximum Gasteiger partial charge on any atom is 0.310 e. The molecule has 32 heavy (non-hydrogen) atoms. The van der Waals surface area contributed by atoms with Crippen molar-refractivity contribution in [2.45, 2.75) is 53.6 Å². The lowest BCUT2D eigenvalue weighted by Gasteiger charge is -2.25. The van der Waals surface area contributed by atoms with Crippen LogP contribution in [0.1, 0.15) is 49.9 Å². The molecular weight excluding hydrogens is 404 g/mol. The number of ether oxygens (including phenoxy) is 1. The molecule has 3 rings (SSSR count). The van der Waals surface area contributed by atoms with Gasteiger partial charge in [0.2, 0.25) is 5.91 Å². The van der Waals surface area contributed by atoms with E-state index in [9.17, 15) is 14.7 Å². The molecule has 0 saturated heterocycles. The molecule has 0 aliphatic carbocycles. The molecule has 0 fully saturated rings. The van der Waals surface area contributed by atoms with E-state index in [1.807, 2.05) is 18.2 Å².